The van der Waals surface area contributed by atoms with Crippen molar-refractivity contribution in [3.8, 4) is 0 Å². The summed E-state index contributed by atoms with van der Waals surface area (Å²) in [7, 11) is 1.72. The van der Waals surface area contributed by atoms with Crippen LogP contribution in [0.1, 0.15) is 12.0 Å². The number of hydrogen-bond acceptors (Lipinski definition) is 4. The molecule has 2 N–H and O–H groups in total. The van der Waals surface area contributed by atoms with Crippen LogP contribution >= 0.6 is 11.8 Å². The number of hydrogen-bond donors (Lipinski definition) is 1. The minimum absolute atomic E-state index is 0.579. The zero-order valence-electron chi connectivity index (χ0n) is 8.40. The Morgan fingerprint density at radius 3 is 3.14 bits per heavy atom. The van der Waals surface area contributed by atoms with Crippen LogP contribution in [0, 0.1) is 0 Å². The van der Waals surface area contributed by atoms with E-state index in [2.05, 4.69) is 4.98 Å². The summed E-state index contributed by atoms with van der Waals surface area (Å²) in [5.41, 5.74) is 6.78. The zero-order chi connectivity index (χ0) is 10.2. The summed E-state index contributed by atoms with van der Waals surface area (Å²) >= 11 is 1.79. The second-order valence-electron chi connectivity index (χ2n) is 2.88. The van der Waals surface area contributed by atoms with Gasteiger partial charge in [0.15, 0.2) is 0 Å². The Morgan fingerprint density at radius 2 is 2.43 bits per heavy atom. The van der Waals surface area contributed by atoms with E-state index < -0.39 is 0 Å². The quantitative estimate of drug-likeness (QED) is 0.575. The van der Waals surface area contributed by atoms with Crippen LogP contribution < -0.4 is 5.73 Å². The first-order valence-corrected chi connectivity index (χ1v) is 5.61. The number of aromatic nitrogens is 1. The fraction of sp³-hybridized carbons (Fsp3) is 0.500. The Balaban J connectivity index is 2.41. The molecule has 4 heteroatoms. The molecule has 0 atom stereocenters. The van der Waals surface area contributed by atoms with Crippen LogP contribution in [0.25, 0.3) is 0 Å². The van der Waals surface area contributed by atoms with Crippen molar-refractivity contribution in [3.63, 3.8) is 0 Å². The third kappa shape index (κ3) is 3.65. The summed E-state index contributed by atoms with van der Waals surface area (Å²) < 4.78 is 4.98. The van der Waals surface area contributed by atoms with Gasteiger partial charge in [-0.2, -0.15) is 0 Å². The van der Waals surface area contributed by atoms with Gasteiger partial charge in [0.2, 0.25) is 0 Å². The number of methoxy groups -OCH3 is 1. The highest BCUT2D eigenvalue weighted by atomic mass is 32.2. The zero-order valence-corrected chi connectivity index (χ0v) is 9.22. The first-order chi connectivity index (χ1) is 6.88. The minimum atomic E-state index is 0.579. The molecular weight excluding hydrogens is 196 g/mol. The van der Waals surface area contributed by atoms with E-state index in [-0.39, 0.29) is 0 Å². The van der Waals surface area contributed by atoms with Crippen molar-refractivity contribution < 1.29 is 4.74 Å². The van der Waals surface area contributed by atoms with Gasteiger partial charge < -0.3 is 10.5 Å². The Morgan fingerprint density at radius 1 is 1.57 bits per heavy atom. The van der Waals surface area contributed by atoms with E-state index in [1.54, 1.807) is 25.1 Å². The standard InChI is InChI=1S/C10H16N2OS/c1-13-5-2-6-14-10-8-12-4-3-9(10)7-11/h3-4,8H,2,5-7,11H2,1H3. The van der Waals surface area contributed by atoms with Crippen molar-refractivity contribution in [3.05, 3.63) is 24.0 Å². The summed E-state index contributed by atoms with van der Waals surface area (Å²) in [5.74, 6) is 1.05. The maximum atomic E-state index is 5.62. The van der Waals surface area contributed by atoms with Crippen LogP contribution in [-0.4, -0.2) is 24.5 Å². The summed E-state index contributed by atoms with van der Waals surface area (Å²) in [5, 5.41) is 0. The number of thioether (sulfide) groups is 1. The molecule has 0 amide bonds. The third-order valence-corrected chi connectivity index (χ3v) is 3.01. The van der Waals surface area contributed by atoms with E-state index in [4.69, 9.17) is 10.5 Å². The van der Waals surface area contributed by atoms with E-state index in [9.17, 15) is 0 Å². The van der Waals surface area contributed by atoms with Crippen molar-refractivity contribution in [2.75, 3.05) is 19.5 Å². The molecular formula is C10H16N2OS. The molecule has 0 aliphatic rings. The molecule has 78 valence electrons. The average molecular weight is 212 g/mol. The molecule has 0 unspecified atom stereocenters. The lowest BCUT2D eigenvalue weighted by Gasteiger charge is -2.05. The molecule has 1 aromatic heterocycles. The second-order valence-corrected chi connectivity index (χ2v) is 4.02. The molecule has 0 fully saturated rings. The first kappa shape index (κ1) is 11.5. The van der Waals surface area contributed by atoms with Crippen LogP contribution in [0.15, 0.2) is 23.4 Å². The molecule has 0 saturated carbocycles. The molecule has 1 rings (SSSR count). The van der Waals surface area contributed by atoms with E-state index in [0.29, 0.717) is 6.54 Å². The molecule has 1 aromatic rings. The van der Waals surface area contributed by atoms with Gasteiger partial charge in [-0.3, -0.25) is 4.98 Å². The van der Waals surface area contributed by atoms with E-state index >= 15 is 0 Å². The van der Waals surface area contributed by atoms with Crippen molar-refractivity contribution in [2.24, 2.45) is 5.73 Å². The summed E-state index contributed by atoms with van der Waals surface area (Å²) in [6, 6.07) is 1.97. The lowest BCUT2D eigenvalue weighted by atomic mass is 10.3. The summed E-state index contributed by atoms with van der Waals surface area (Å²) in [4.78, 5) is 5.27. The molecule has 0 radical (unpaired) electrons. The smallest absolute Gasteiger partial charge is 0.0470 e. The predicted octanol–water partition coefficient (Wildman–Crippen LogP) is 1.67. The normalized spacial score (nSPS) is 10.4. The lowest BCUT2D eigenvalue weighted by molar-refractivity contribution is 0.200. The Hall–Kier alpha value is -0.580. The highest BCUT2D eigenvalue weighted by molar-refractivity contribution is 7.99. The summed E-state index contributed by atoms with van der Waals surface area (Å²) in [6.45, 7) is 1.39. The number of nitrogens with zero attached hydrogens (tertiary/aromatic N) is 1. The summed E-state index contributed by atoms with van der Waals surface area (Å²) in [6.07, 6.45) is 4.71. The van der Waals surface area contributed by atoms with Gasteiger partial charge >= 0.3 is 0 Å². The predicted molar refractivity (Wildman–Crippen MR) is 59.3 cm³/mol. The number of pyridine rings is 1. The van der Waals surface area contributed by atoms with Crippen molar-refractivity contribution >= 4 is 11.8 Å². The van der Waals surface area contributed by atoms with Crippen LogP contribution in [0.4, 0.5) is 0 Å². The highest BCUT2D eigenvalue weighted by Gasteiger charge is 2.00. The largest absolute Gasteiger partial charge is 0.385 e. The van der Waals surface area contributed by atoms with Crippen LogP contribution in [0.3, 0.4) is 0 Å². The molecule has 0 aromatic carbocycles. The maximum absolute atomic E-state index is 5.62. The Kier molecular flexibility index (Phi) is 5.59. The molecule has 0 aliphatic carbocycles. The van der Waals surface area contributed by atoms with Gasteiger partial charge in [-0.25, -0.2) is 0 Å². The van der Waals surface area contributed by atoms with E-state index in [1.807, 2.05) is 12.3 Å². The van der Waals surface area contributed by atoms with Crippen molar-refractivity contribution in [1.82, 2.24) is 4.98 Å². The fourth-order valence-corrected chi connectivity index (χ4v) is 2.05. The van der Waals surface area contributed by atoms with E-state index in [0.717, 1.165) is 18.8 Å². The van der Waals surface area contributed by atoms with Crippen LogP contribution in [0.5, 0.6) is 0 Å². The molecule has 1 heterocycles. The van der Waals surface area contributed by atoms with Gasteiger partial charge in [0.25, 0.3) is 0 Å². The Bertz CT molecular complexity index is 268. The van der Waals surface area contributed by atoms with Gasteiger partial charge in [0.05, 0.1) is 0 Å². The van der Waals surface area contributed by atoms with Crippen LogP contribution in [0.2, 0.25) is 0 Å². The lowest BCUT2D eigenvalue weighted by Crippen LogP contribution is -1.99. The van der Waals surface area contributed by atoms with Gasteiger partial charge in [-0.05, 0) is 18.1 Å². The third-order valence-electron chi connectivity index (χ3n) is 1.84. The maximum Gasteiger partial charge on any atom is 0.0470 e. The van der Waals surface area contributed by atoms with Gasteiger partial charge in [0, 0.05) is 43.3 Å². The average Bonchev–Trinajstić information content (AvgIpc) is 2.25. The fourth-order valence-electron chi connectivity index (χ4n) is 1.09. The Labute approximate surface area is 89.1 Å². The molecule has 0 aliphatic heterocycles. The molecule has 0 spiro atoms. The number of rotatable bonds is 6. The highest BCUT2D eigenvalue weighted by Crippen LogP contribution is 2.21. The van der Waals surface area contributed by atoms with Gasteiger partial charge in [0.1, 0.15) is 0 Å². The molecule has 0 saturated heterocycles. The molecule has 0 bridgehead atoms. The first-order valence-electron chi connectivity index (χ1n) is 4.63. The number of ether oxygens (including phenoxy) is 1. The van der Waals surface area contributed by atoms with Crippen molar-refractivity contribution in [1.29, 1.82) is 0 Å². The van der Waals surface area contributed by atoms with Crippen LogP contribution in [-0.2, 0) is 11.3 Å². The van der Waals surface area contributed by atoms with E-state index in [1.165, 1.54) is 10.5 Å². The number of nitrogens with two attached hydrogens (primary N) is 1. The second kappa shape index (κ2) is 6.81. The minimum Gasteiger partial charge on any atom is -0.385 e. The SMILES string of the molecule is COCCCSc1cnccc1CN. The molecule has 3 nitrogen and oxygen atoms in total. The van der Waals surface area contributed by atoms with Crippen molar-refractivity contribution in [2.45, 2.75) is 17.9 Å². The molecule has 14 heavy (non-hydrogen) atoms. The van der Waals surface area contributed by atoms with Gasteiger partial charge in [-0.1, -0.05) is 0 Å². The van der Waals surface area contributed by atoms with Gasteiger partial charge in [-0.15, -0.1) is 11.8 Å². The monoisotopic (exact) mass is 212 g/mol. The topological polar surface area (TPSA) is 48.1 Å².